The van der Waals surface area contributed by atoms with E-state index in [9.17, 15) is 12.8 Å². The average molecular weight is 310 g/mol. The highest BCUT2D eigenvalue weighted by molar-refractivity contribution is 7.89. The summed E-state index contributed by atoms with van der Waals surface area (Å²) in [6, 6.07) is 3.22. The van der Waals surface area contributed by atoms with E-state index in [0.717, 1.165) is 12.1 Å². The highest BCUT2D eigenvalue weighted by Gasteiger charge is 2.31. The van der Waals surface area contributed by atoms with Gasteiger partial charge >= 0.3 is 0 Å². The van der Waals surface area contributed by atoms with Gasteiger partial charge < -0.3 is 9.47 Å². The number of methoxy groups -OCH3 is 1. The highest BCUT2D eigenvalue weighted by atomic mass is 35.5. The molecule has 0 aliphatic carbocycles. The molecule has 1 fully saturated rings. The SMILES string of the molecule is COC1CN(S(=O)(=O)c2cc(F)cc(Cl)c2)CCO1. The summed E-state index contributed by atoms with van der Waals surface area (Å²) in [7, 11) is -2.37. The van der Waals surface area contributed by atoms with Crippen LogP contribution in [-0.2, 0) is 19.5 Å². The number of hydrogen-bond donors (Lipinski definition) is 0. The minimum Gasteiger partial charge on any atom is -0.354 e. The van der Waals surface area contributed by atoms with Crippen molar-refractivity contribution in [3.63, 3.8) is 0 Å². The minimum absolute atomic E-state index is 0.0372. The maximum Gasteiger partial charge on any atom is 0.243 e. The van der Waals surface area contributed by atoms with Gasteiger partial charge in [0, 0.05) is 18.7 Å². The minimum atomic E-state index is -3.80. The molecule has 0 bridgehead atoms. The zero-order valence-corrected chi connectivity index (χ0v) is 11.7. The molecule has 0 amide bonds. The molecule has 0 saturated carbocycles. The fourth-order valence-electron chi connectivity index (χ4n) is 1.78. The van der Waals surface area contributed by atoms with Gasteiger partial charge in [-0.05, 0) is 18.2 Å². The molecule has 8 heteroatoms. The van der Waals surface area contributed by atoms with E-state index in [1.165, 1.54) is 17.5 Å². The van der Waals surface area contributed by atoms with Gasteiger partial charge in [0.15, 0.2) is 6.29 Å². The number of morpholine rings is 1. The Morgan fingerprint density at radius 2 is 2.21 bits per heavy atom. The summed E-state index contributed by atoms with van der Waals surface area (Å²) in [6.07, 6.45) is -0.618. The number of benzene rings is 1. The van der Waals surface area contributed by atoms with Crippen LogP contribution in [0.3, 0.4) is 0 Å². The van der Waals surface area contributed by atoms with Gasteiger partial charge in [-0.15, -0.1) is 0 Å². The van der Waals surface area contributed by atoms with E-state index in [0.29, 0.717) is 0 Å². The average Bonchev–Trinajstić information content (AvgIpc) is 2.37. The van der Waals surface area contributed by atoms with Crippen LogP contribution >= 0.6 is 11.6 Å². The summed E-state index contributed by atoms with van der Waals surface area (Å²) in [5.74, 6) is -0.692. The molecule has 5 nitrogen and oxygen atoms in total. The van der Waals surface area contributed by atoms with Crippen LogP contribution in [0.25, 0.3) is 0 Å². The molecule has 2 rings (SSSR count). The van der Waals surface area contributed by atoms with E-state index in [1.54, 1.807) is 0 Å². The van der Waals surface area contributed by atoms with Gasteiger partial charge in [0.25, 0.3) is 0 Å². The molecule has 106 valence electrons. The first kappa shape index (κ1) is 14.7. The van der Waals surface area contributed by atoms with Gasteiger partial charge in [-0.25, -0.2) is 12.8 Å². The molecule has 19 heavy (non-hydrogen) atoms. The first-order chi connectivity index (χ1) is 8.93. The predicted octanol–water partition coefficient (Wildman–Crippen LogP) is 1.47. The Hall–Kier alpha value is -0.730. The number of hydrogen-bond acceptors (Lipinski definition) is 4. The second-order valence-corrected chi connectivity index (χ2v) is 6.38. The molecule has 1 aliphatic rings. The van der Waals surface area contributed by atoms with E-state index < -0.39 is 22.1 Å². The van der Waals surface area contributed by atoms with Crippen molar-refractivity contribution in [2.24, 2.45) is 0 Å². The molecule has 0 radical (unpaired) electrons. The maximum absolute atomic E-state index is 13.3. The van der Waals surface area contributed by atoms with E-state index in [4.69, 9.17) is 21.1 Å². The quantitative estimate of drug-likeness (QED) is 0.848. The lowest BCUT2D eigenvalue weighted by molar-refractivity contribution is -0.151. The number of nitrogens with zero attached hydrogens (tertiary/aromatic N) is 1. The zero-order valence-electron chi connectivity index (χ0n) is 10.2. The standard InChI is InChI=1S/C11H13ClFNO4S/c1-17-11-7-14(2-3-18-11)19(15,16)10-5-8(12)4-9(13)6-10/h4-6,11H,2-3,7H2,1H3. The molecule has 1 unspecified atom stereocenters. The monoisotopic (exact) mass is 309 g/mol. The summed E-state index contributed by atoms with van der Waals surface area (Å²) >= 11 is 5.68. The molecular weight excluding hydrogens is 297 g/mol. The number of rotatable bonds is 3. The van der Waals surface area contributed by atoms with Crippen LogP contribution in [0, 0.1) is 5.82 Å². The summed E-state index contributed by atoms with van der Waals surface area (Å²) in [5, 5.41) is 0.0372. The number of ether oxygens (including phenoxy) is 2. The molecular formula is C11H13ClFNO4S. The van der Waals surface area contributed by atoms with Crippen molar-refractivity contribution in [1.29, 1.82) is 0 Å². The zero-order chi connectivity index (χ0) is 14.0. The van der Waals surface area contributed by atoms with E-state index in [-0.39, 0.29) is 29.6 Å². The Morgan fingerprint density at radius 3 is 2.84 bits per heavy atom. The van der Waals surface area contributed by atoms with E-state index in [2.05, 4.69) is 0 Å². The lowest BCUT2D eigenvalue weighted by Gasteiger charge is -2.31. The normalized spacial score (nSPS) is 21.5. The molecule has 1 saturated heterocycles. The molecule has 0 aromatic heterocycles. The molecule has 1 atom stereocenters. The van der Waals surface area contributed by atoms with Crippen molar-refractivity contribution in [2.45, 2.75) is 11.2 Å². The van der Waals surface area contributed by atoms with Gasteiger partial charge in [-0.3, -0.25) is 0 Å². The van der Waals surface area contributed by atoms with Crippen molar-refractivity contribution < 1.29 is 22.3 Å². The van der Waals surface area contributed by atoms with Crippen molar-refractivity contribution >= 4 is 21.6 Å². The Kier molecular flexibility index (Phi) is 4.42. The van der Waals surface area contributed by atoms with Crippen LogP contribution in [0.1, 0.15) is 0 Å². The van der Waals surface area contributed by atoms with Gasteiger partial charge in [0.1, 0.15) is 5.82 Å². The fourth-order valence-corrected chi connectivity index (χ4v) is 3.54. The molecule has 1 aliphatic heterocycles. The Morgan fingerprint density at radius 1 is 1.47 bits per heavy atom. The van der Waals surface area contributed by atoms with E-state index in [1.807, 2.05) is 0 Å². The molecule has 0 spiro atoms. The van der Waals surface area contributed by atoms with Crippen LogP contribution in [0.15, 0.2) is 23.1 Å². The summed E-state index contributed by atoms with van der Waals surface area (Å²) in [6.45, 7) is 0.476. The first-order valence-electron chi connectivity index (χ1n) is 5.54. The second kappa shape index (κ2) is 5.72. The summed E-state index contributed by atoms with van der Waals surface area (Å²) in [5.41, 5.74) is 0. The van der Waals surface area contributed by atoms with Crippen LogP contribution in [-0.4, -0.2) is 45.8 Å². The third-order valence-corrected chi connectivity index (χ3v) is 4.79. The largest absolute Gasteiger partial charge is 0.354 e. The highest BCUT2D eigenvalue weighted by Crippen LogP contribution is 2.23. The second-order valence-electron chi connectivity index (χ2n) is 4.00. The molecule has 1 aromatic rings. The molecule has 1 heterocycles. The third kappa shape index (κ3) is 3.24. The van der Waals surface area contributed by atoms with Crippen molar-refractivity contribution in [2.75, 3.05) is 26.8 Å². The fraction of sp³-hybridized carbons (Fsp3) is 0.455. The lowest BCUT2D eigenvalue weighted by Crippen LogP contribution is -2.46. The Balaban J connectivity index is 2.31. The summed E-state index contributed by atoms with van der Waals surface area (Å²) < 4.78 is 49.3. The Bertz CT molecular complexity index is 546. The summed E-state index contributed by atoms with van der Waals surface area (Å²) in [4.78, 5) is -0.172. The van der Waals surface area contributed by atoms with Crippen LogP contribution < -0.4 is 0 Å². The van der Waals surface area contributed by atoms with Gasteiger partial charge in [-0.1, -0.05) is 11.6 Å². The van der Waals surface area contributed by atoms with Crippen LogP contribution in [0.5, 0.6) is 0 Å². The van der Waals surface area contributed by atoms with Crippen LogP contribution in [0.2, 0.25) is 5.02 Å². The van der Waals surface area contributed by atoms with E-state index >= 15 is 0 Å². The van der Waals surface area contributed by atoms with Crippen molar-refractivity contribution in [3.8, 4) is 0 Å². The van der Waals surface area contributed by atoms with Crippen molar-refractivity contribution in [1.82, 2.24) is 4.31 Å². The topological polar surface area (TPSA) is 55.8 Å². The number of halogens is 2. The lowest BCUT2D eigenvalue weighted by atomic mass is 10.3. The molecule has 1 aromatic carbocycles. The van der Waals surface area contributed by atoms with Crippen molar-refractivity contribution in [3.05, 3.63) is 29.0 Å². The predicted molar refractivity (Wildman–Crippen MR) is 66.9 cm³/mol. The van der Waals surface area contributed by atoms with Crippen LogP contribution in [0.4, 0.5) is 4.39 Å². The smallest absolute Gasteiger partial charge is 0.243 e. The van der Waals surface area contributed by atoms with Gasteiger partial charge in [0.05, 0.1) is 18.0 Å². The Labute approximate surface area is 115 Å². The van der Waals surface area contributed by atoms with Gasteiger partial charge in [-0.2, -0.15) is 4.31 Å². The third-order valence-electron chi connectivity index (χ3n) is 2.73. The maximum atomic E-state index is 13.3. The molecule has 0 N–H and O–H groups in total. The first-order valence-corrected chi connectivity index (χ1v) is 7.36. The number of sulfonamides is 1. The van der Waals surface area contributed by atoms with Gasteiger partial charge in [0.2, 0.25) is 10.0 Å².